The summed E-state index contributed by atoms with van der Waals surface area (Å²) in [5, 5.41) is 0. The minimum Gasteiger partial charge on any atom is -0.456 e. The molecule has 74 valence electrons. The van der Waals surface area contributed by atoms with Gasteiger partial charge in [0.2, 0.25) is 0 Å². The second-order valence-corrected chi connectivity index (χ2v) is 4.99. The number of hydrogen-bond acceptors (Lipinski definition) is 3. The Morgan fingerprint density at radius 3 is 2.71 bits per heavy atom. The highest BCUT2D eigenvalue weighted by atomic mass is 79.9. The topological polar surface area (TPSA) is 26.3 Å². The summed E-state index contributed by atoms with van der Waals surface area (Å²) in [6, 6.07) is 7.88. The number of cyclic esters (lactones) is 1. The highest BCUT2D eigenvalue weighted by molar-refractivity contribution is 9.10. The normalized spacial score (nSPS) is 21.8. The van der Waals surface area contributed by atoms with Crippen LogP contribution < -0.4 is 0 Å². The molecule has 0 saturated carbocycles. The number of esters is 1. The molecule has 0 bridgehead atoms. The van der Waals surface area contributed by atoms with E-state index >= 15 is 0 Å². The van der Waals surface area contributed by atoms with Gasteiger partial charge in [0.15, 0.2) is 0 Å². The molecule has 1 aliphatic heterocycles. The highest BCUT2D eigenvalue weighted by Crippen LogP contribution is 2.27. The van der Waals surface area contributed by atoms with E-state index < -0.39 is 0 Å². The number of benzene rings is 1. The monoisotopic (exact) mass is 272 g/mol. The third kappa shape index (κ3) is 2.30. The van der Waals surface area contributed by atoms with Gasteiger partial charge in [-0.1, -0.05) is 28.1 Å². The lowest BCUT2D eigenvalue weighted by molar-refractivity contribution is -0.145. The summed E-state index contributed by atoms with van der Waals surface area (Å²) in [4.78, 5) is 11.1. The van der Waals surface area contributed by atoms with Crippen LogP contribution in [0.5, 0.6) is 0 Å². The van der Waals surface area contributed by atoms with Crippen molar-refractivity contribution >= 4 is 33.7 Å². The van der Waals surface area contributed by atoms with Crippen molar-refractivity contribution in [3.8, 4) is 0 Å². The molecule has 14 heavy (non-hydrogen) atoms. The van der Waals surface area contributed by atoms with E-state index in [1.807, 2.05) is 24.3 Å². The van der Waals surface area contributed by atoms with Crippen molar-refractivity contribution in [1.82, 2.24) is 0 Å². The quantitative estimate of drug-likeness (QED) is 0.736. The van der Waals surface area contributed by atoms with Gasteiger partial charge in [0.1, 0.15) is 6.10 Å². The Morgan fingerprint density at radius 1 is 1.36 bits per heavy atom. The summed E-state index contributed by atoms with van der Waals surface area (Å²) in [6.45, 7) is 0. The summed E-state index contributed by atoms with van der Waals surface area (Å²) in [7, 11) is 0. The molecule has 0 amide bonds. The minimum atomic E-state index is -0.117. The zero-order valence-electron chi connectivity index (χ0n) is 7.40. The second kappa shape index (κ2) is 4.36. The van der Waals surface area contributed by atoms with Crippen molar-refractivity contribution in [3.63, 3.8) is 0 Å². The van der Waals surface area contributed by atoms with Crippen LogP contribution >= 0.6 is 27.7 Å². The number of thioether (sulfide) groups is 1. The molecule has 0 aliphatic carbocycles. The summed E-state index contributed by atoms with van der Waals surface area (Å²) in [6.07, 6.45) is -0.0747. The molecule has 1 unspecified atom stereocenters. The average Bonchev–Trinajstić information content (AvgIpc) is 2.19. The lowest BCUT2D eigenvalue weighted by Gasteiger charge is -2.22. The molecule has 1 heterocycles. The molecule has 1 aromatic carbocycles. The van der Waals surface area contributed by atoms with E-state index in [0.29, 0.717) is 5.75 Å². The van der Waals surface area contributed by atoms with Crippen LogP contribution in [0.2, 0.25) is 0 Å². The van der Waals surface area contributed by atoms with Crippen molar-refractivity contribution < 1.29 is 9.53 Å². The van der Waals surface area contributed by atoms with Gasteiger partial charge >= 0.3 is 5.97 Å². The van der Waals surface area contributed by atoms with Crippen molar-refractivity contribution in [3.05, 3.63) is 34.3 Å². The molecule has 1 saturated heterocycles. The van der Waals surface area contributed by atoms with E-state index in [9.17, 15) is 4.79 Å². The van der Waals surface area contributed by atoms with Crippen molar-refractivity contribution in [2.45, 2.75) is 6.10 Å². The van der Waals surface area contributed by atoms with Gasteiger partial charge < -0.3 is 4.74 Å². The van der Waals surface area contributed by atoms with E-state index in [0.717, 1.165) is 15.8 Å². The lowest BCUT2D eigenvalue weighted by Crippen LogP contribution is -2.20. The first kappa shape index (κ1) is 10.1. The van der Waals surface area contributed by atoms with Gasteiger partial charge in [0.05, 0.1) is 5.75 Å². The van der Waals surface area contributed by atoms with Gasteiger partial charge in [-0.3, -0.25) is 4.79 Å². The largest absolute Gasteiger partial charge is 0.456 e. The predicted molar refractivity (Wildman–Crippen MR) is 60.3 cm³/mol. The van der Waals surface area contributed by atoms with Crippen LogP contribution in [-0.2, 0) is 9.53 Å². The summed E-state index contributed by atoms with van der Waals surface area (Å²) in [5.74, 6) is 1.22. The van der Waals surface area contributed by atoms with Crippen LogP contribution in [0.15, 0.2) is 28.7 Å². The first-order valence-electron chi connectivity index (χ1n) is 4.28. The summed E-state index contributed by atoms with van der Waals surface area (Å²) >= 11 is 4.99. The smallest absolute Gasteiger partial charge is 0.316 e. The third-order valence-corrected chi connectivity index (χ3v) is 3.51. The Balaban J connectivity index is 2.14. The number of halogens is 1. The third-order valence-electron chi connectivity index (χ3n) is 2.00. The van der Waals surface area contributed by atoms with Crippen LogP contribution in [0.3, 0.4) is 0 Å². The minimum absolute atomic E-state index is 0.0747. The SMILES string of the molecule is O=C1CSCC(c2ccc(Br)cc2)O1. The molecule has 0 aromatic heterocycles. The van der Waals surface area contributed by atoms with Crippen LogP contribution in [-0.4, -0.2) is 17.5 Å². The van der Waals surface area contributed by atoms with E-state index in [4.69, 9.17) is 4.74 Å². The van der Waals surface area contributed by atoms with Crippen LogP contribution in [0, 0.1) is 0 Å². The van der Waals surface area contributed by atoms with Gasteiger partial charge in [0, 0.05) is 10.2 Å². The molecule has 1 atom stereocenters. The van der Waals surface area contributed by atoms with Crippen molar-refractivity contribution in [2.75, 3.05) is 11.5 Å². The Bertz CT molecular complexity index is 336. The zero-order valence-corrected chi connectivity index (χ0v) is 9.81. The van der Waals surface area contributed by atoms with Crippen LogP contribution in [0.25, 0.3) is 0 Å². The number of ether oxygens (including phenoxy) is 1. The summed E-state index contributed by atoms with van der Waals surface area (Å²) in [5.41, 5.74) is 1.06. The van der Waals surface area contributed by atoms with Crippen molar-refractivity contribution in [2.24, 2.45) is 0 Å². The molecule has 1 fully saturated rings. The lowest BCUT2D eigenvalue weighted by atomic mass is 10.1. The Labute approximate surface area is 95.2 Å². The van der Waals surface area contributed by atoms with Gasteiger partial charge in [0.25, 0.3) is 0 Å². The molecule has 2 nitrogen and oxygen atoms in total. The second-order valence-electron chi connectivity index (χ2n) is 3.05. The first-order chi connectivity index (χ1) is 6.75. The number of carbonyl (C=O) groups excluding carboxylic acids is 1. The fraction of sp³-hybridized carbons (Fsp3) is 0.300. The molecule has 4 heteroatoms. The standard InChI is InChI=1S/C10H9BrO2S/c11-8-3-1-7(2-4-8)9-5-14-6-10(12)13-9/h1-4,9H,5-6H2. The predicted octanol–water partition coefficient (Wildman–Crippen LogP) is 2.78. The number of hydrogen-bond donors (Lipinski definition) is 0. The van der Waals surface area contributed by atoms with Crippen LogP contribution in [0.1, 0.15) is 11.7 Å². The zero-order chi connectivity index (χ0) is 9.97. The van der Waals surface area contributed by atoms with Crippen LogP contribution in [0.4, 0.5) is 0 Å². The summed E-state index contributed by atoms with van der Waals surface area (Å²) < 4.78 is 6.28. The average molecular weight is 273 g/mol. The molecule has 0 N–H and O–H groups in total. The van der Waals surface area contributed by atoms with Gasteiger partial charge in [-0.25, -0.2) is 0 Å². The van der Waals surface area contributed by atoms with Gasteiger partial charge in [-0.05, 0) is 17.7 Å². The molecular weight excluding hydrogens is 264 g/mol. The van der Waals surface area contributed by atoms with E-state index in [1.165, 1.54) is 0 Å². The molecule has 2 rings (SSSR count). The van der Waals surface area contributed by atoms with E-state index in [2.05, 4.69) is 15.9 Å². The number of carbonyl (C=O) groups is 1. The van der Waals surface area contributed by atoms with E-state index in [1.54, 1.807) is 11.8 Å². The molecule has 1 aromatic rings. The molecular formula is C10H9BrO2S. The maximum absolute atomic E-state index is 11.1. The van der Waals surface area contributed by atoms with Gasteiger partial charge in [-0.2, -0.15) is 0 Å². The Kier molecular flexibility index (Phi) is 3.13. The maximum Gasteiger partial charge on any atom is 0.316 e. The fourth-order valence-corrected chi connectivity index (χ4v) is 2.41. The fourth-order valence-electron chi connectivity index (χ4n) is 1.32. The van der Waals surface area contributed by atoms with E-state index in [-0.39, 0.29) is 12.1 Å². The molecule has 1 aliphatic rings. The van der Waals surface area contributed by atoms with Crippen molar-refractivity contribution in [1.29, 1.82) is 0 Å². The Hall–Kier alpha value is -0.480. The first-order valence-corrected chi connectivity index (χ1v) is 6.23. The van der Waals surface area contributed by atoms with Gasteiger partial charge in [-0.15, -0.1) is 11.8 Å². The molecule has 0 radical (unpaired) electrons. The maximum atomic E-state index is 11.1. The highest BCUT2D eigenvalue weighted by Gasteiger charge is 2.21. The Morgan fingerprint density at radius 2 is 2.07 bits per heavy atom. The molecule has 0 spiro atoms. The number of rotatable bonds is 1.